The summed E-state index contributed by atoms with van der Waals surface area (Å²) in [6, 6.07) is 10.5. The van der Waals surface area contributed by atoms with Crippen LogP contribution in [0.2, 0.25) is 0 Å². The van der Waals surface area contributed by atoms with E-state index >= 15 is 0 Å². The van der Waals surface area contributed by atoms with Crippen LogP contribution < -0.4 is 30.2 Å². The zero-order valence-corrected chi connectivity index (χ0v) is 21.6. The molecule has 42 heavy (non-hydrogen) atoms. The summed E-state index contributed by atoms with van der Waals surface area (Å²) >= 11 is 0. The van der Waals surface area contributed by atoms with Crippen molar-refractivity contribution in [2.75, 3.05) is 29.1 Å². The number of ether oxygens (including phenoxy) is 4. The van der Waals surface area contributed by atoms with Crippen LogP contribution in [0.25, 0.3) is 0 Å². The summed E-state index contributed by atoms with van der Waals surface area (Å²) < 4.78 is 84.6. The SMILES string of the molecule is O=C(Nc1ccc2c(c1)OC(F)(F)O2)c1cccc(OC(=O)C(F)(F)F)c1NCc1ccnc(NCC2CCCO2)c1. The second kappa shape index (κ2) is 11.7. The number of alkyl halides is 5. The van der Waals surface area contributed by atoms with Gasteiger partial charge in [-0.25, -0.2) is 9.78 Å². The van der Waals surface area contributed by atoms with Crippen molar-refractivity contribution < 1.29 is 50.5 Å². The van der Waals surface area contributed by atoms with Gasteiger partial charge in [0.25, 0.3) is 5.91 Å². The average molecular weight is 594 g/mol. The highest BCUT2D eigenvalue weighted by molar-refractivity contribution is 6.09. The van der Waals surface area contributed by atoms with Crippen LogP contribution in [0.4, 0.5) is 39.1 Å². The fourth-order valence-corrected chi connectivity index (χ4v) is 4.27. The maximum absolute atomic E-state index is 13.4. The summed E-state index contributed by atoms with van der Waals surface area (Å²) in [6.45, 7) is 1.24. The smallest absolute Gasteiger partial charge is 0.418 e. The van der Waals surface area contributed by atoms with Gasteiger partial charge in [-0.3, -0.25) is 4.79 Å². The molecule has 0 bridgehead atoms. The van der Waals surface area contributed by atoms with Gasteiger partial charge in [0, 0.05) is 37.6 Å². The quantitative estimate of drug-likeness (QED) is 0.172. The fourth-order valence-electron chi connectivity index (χ4n) is 4.27. The first kappa shape index (κ1) is 28.9. The topological polar surface area (TPSA) is 120 Å². The molecule has 5 rings (SSSR count). The first-order valence-electron chi connectivity index (χ1n) is 12.6. The van der Waals surface area contributed by atoms with Crippen molar-refractivity contribution in [2.24, 2.45) is 0 Å². The third-order valence-electron chi connectivity index (χ3n) is 6.19. The molecule has 15 heteroatoms. The number of rotatable bonds is 9. The lowest BCUT2D eigenvalue weighted by Gasteiger charge is -2.17. The number of aromatic nitrogens is 1. The van der Waals surface area contributed by atoms with Crippen LogP contribution in [0.15, 0.2) is 54.7 Å². The molecule has 222 valence electrons. The van der Waals surface area contributed by atoms with Gasteiger partial charge in [0.2, 0.25) is 0 Å². The third kappa shape index (κ3) is 6.97. The molecule has 3 heterocycles. The summed E-state index contributed by atoms with van der Waals surface area (Å²) in [4.78, 5) is 29.1. The van der Waals surface area contributed by atoms with Gasteiger partial charge in [-0.1, -0.05) is 6.07 Å². The number of amides is 1. The van der Waals surface area contributed by atoms with Crippen LogP contribution in [0, 0.1) is 0 Å². The van der Waals surface area contributed by atoms with Crippen molar-refractivity contribution in [2.45, 2.75) is 38.0 Å². The Morgan fingerprint density at radius 3 is 2.62 bits per heavy atom. The van der Waals surface area contributed by atoms with Gasteiger partial charge in [0.15, 0.2) is 17.2 Å². The minimum Gasteiger partial charge on any atom is -0.418 e. The standard InChI is InChI=1S/C27H23F5N4O6/c28-26(29,30)25(38)40-20-5-1-4-18(24(37)36-16-6-7-19-21(12-16)42-27(31,32)41-19)23(20)35-13-15-8-9-33-22(11-15)34-14-17-3-2-10-39-17/h1,4-9,11-12,17,35H,2-3,10,13-14H2,(H,33,34)(H,36,37). The molecule has 2 aromatic carbocycles. The minimum atomic E-state index is -5.29. The second-order valence-electron chi connectivity index (χ2n) is 9.27. The van der Waals surface area contributed by atoms with Crippen molar-refractivity contribution in [3.05, 3.63) is 65.9 Å². The molecule has 1 amide bonds. The number of nitrogens with zero attached hydrogens (tertiary/aromatic N) is 1. The predicted molar refractivity (Wildman–Crippen MR) is 138 cm³/mol. The summed E-state index contributed by atoms with van der Waals surface area (Å²) in [5, 5.41) is 8.50. The molecule has 1 aromatic heterocycles. The zero-order chi connectivity index (χ0) is 29.9. The summed E-state index contributed by atoms with van der Waals surface area (Å²) in [5.74, 6) is -3.92. The molecular weight excluding hydrogens is 571 g/mol. The van der Waals surface area contributed by atoms with Gasteiger partial charge in [-0.15, -0.1) is 8.78 Å². The average Bonchev–Trinajstić information content (AvgIpc) is 3.56. The van der Waals surface area contributed by atoms with Crippen molar-refractivity contribution in [3.8, 4) is 17.2 Å². The molecule has 3 aromatic rings. The molecular formula is C27H23F5N4O6. The number of fused-ring (bicyclic) bond motifs is 1. The van der Waals surface area contributed by atoms with E-state index in [-0.39, 0.29) is 41.1 Å². The van der Waals surface area contributed by atoms with Crippen molar-refractivity contribution in [3.63, 3.8) is 0 Å². The maximum Gasteiger partial charge on any atom is 0.586 e. The van der Waals surface area contributed by atoms with Crippen molar-refractivity contribution in [1.82, 2.24) is 4.98 Å². The van der Waals surface area contributed by atoms with Crippen LogP contribution in [0.5, 0.6) is 17.2 Å². The maximum atomic E-state index is 13.4. The second-order valence-corrected chi connectivity index (χ2v) is 9.27. The van der Waals surface area contributed by atoms with Gasteiger partial charge >= 0.3 is 18.4 Å². The Balaban J connectivity index is 1.36. The van der Waals surface area contributed by atoms with Gasteiger partial charge in [-0.05, 0) is 54.8 Å². The number of para-hydroxylation sites is 1. The molecule has 1 unspecified atom stereocenters. The van der Waals surface area contributed by atoms with Crippen LogP contribution in [0.1, 0.15) is 28.8 Å². The third-order valence-corrected chi connectivity index (χ3v) is 6.19. The molecule has 0 radical (unpaired) electrons. The lowest BCUT2D eigenvalue weighted by molar-refractivity contribution is -0.286. The van der Waals surface area contributed by atoms with Gasteiger partial charge in [-0.2, -0.15) is 13.2 Å². The fraction of sp³-hybridized carbons (Fsp3) is 0.296. The van der Waals surface area contributed by atoms with E-state index in [0.717, 1.165) is 31.0 Å². The molecule has 1 atom stereocenters. The van der Waals surface area contributed by atoms with E-state index in [1.165, 1.54) is 24.4 Å². The van der Waals surface area contributed by atoms with E-state index in [2.05, 4.69) is 35.1 Å². The van der Waals surface area contributed by atoms with Gasteiger partial charge in [0.05, 0.1) is 17.4 Å². The molecule has 3 N–H and O–H groups in total. The Kier molecular flexibility index (Phi) is 8.02. The van der Waals surface area contributed by atoms with E-state index in [0.29, 0.717) is 24.5 Å². The lowest BCUT2D eigenvalue weighted by Crippen LogP contribution is -2.28. The number of carbonyl (C=O) groups is 2. The number of nitrogens with one attached hydrogen (secondary N) is 3. The Bertz CT molecular complexity index is 1480. The summed E-state index contributed by atoms with van der Waals surface area (Å²) in [5.41, 5.74) is 0.251. The van der Waals surface area contributed by atoms with E-state index in [1.807, 2.05) is 0 Å². The zero-order valence-electron chi connectivity index (χ0n) is 21.6. The first-order chi connectivity index (χ1) is 20.0. The Labute approximate surface area is 235 Å². The van der Waals surface area contributed by atoms with Gasteiger partial charge in [0.1, 0.15) is 5.82 Å². The monoisotopic (exact) mass is 594 g/mol. The predicted octanol–water partition coefficient (Wildman–Crippen LogP) is 5.33. The Morgan fingerprint density at radius 2 is 1.86 bits per heavy atom. The molecule has 1 fully saturated rings. The number of esters is 1. The van der Waals surface area contributed by atoms with E-state index in [9.17, 15) is 31.5 Å². The van der Waals surface area contributed by atoms with Crippen molar-refractivity contribution in [1.29, 1.82) is 0 Å². The highest BCUT2D eigenvalue weighted by Gasteiger charge is 2.44. The summed E-state index contributed by atoms with van der Waals surface area (Å²) in [7, 11) is 0. The van der Waals surface area contributed by atoms with E-state index in [1.54, 1.807) is 12.1 Å². The molecule has 2 aliphatic heterocycles. The van der Waals surface area contributed by atoms with Crippen LogP contribution in [0.3, 0.4) is 0 Å². The molecule has 0 aliphatic carbocycles. The summed E-state index contributed by atoms with van der Waals surface area (Å²) in [6.07, 6.45) is -5.68. The largest absolute Gasteiger partial charge is 0.586 e. The highest BCUT2D eigenvalue weighted by atomic mass is 19.4. The Hall–Kier alpha value is -4.66. The number of anilines is 3. The highest BCUT2D eigenvalue weighted by Crippen LogP contribution is 2.42. The number of hydrogen-bond donors (Lipinski definition) is 3. The Morgan fingerprint density at radius 1 is 1.05 bits per heavy atom. The molecule has 0 spiro atoms. The normalized spacial score (nSPS) is 17.0. The minimum absolute atomic E-state index is 0.00288. The molecule has 0 saturated carbocycles. The number of halogens is 5. The number of hydrogen-bond acceptors (Lipinski definition) is 9. The number of pyridine rings is 1. The van der Waals surface area contributed by atoms with E-state index in [4.69, 9.17) is 4.74 Å². The van der Waals surface area contributed by atoms with Gasteiger partial charge < -0.3 is 34.9 Å². The number of carbonyl (C=O) groups excluding carboxylic acids is 2. The molecule has 2 aliphatic rings. The first-order valence-corrected chi connectivity index (χ1v) is 12.6. The van der Waals surface area contributed by atoms with Crippen molar-refractivity contribution >= 4 is 29.1 Å². The lowest BCUT2D eigenvalue weighted by atomic mass is 10.1. The van der Waals surface area contributed by atoms with Crippen LogP contribution in [-0.2, 0) is 16.1 Å². The van der Waals surface area contributed by atoms with E-state index < -0.39 is 30.1 Å². The molecule has 1 saturated heterocycles. The molecule has 10 nitrogen and oxygen atoms in total. The van der Waals surface area contributed by atoms with Crippen LogP contribution >= 0.6 is 0 Å². The van der Waals surface area contributed by atoms with Crippen LogP contribution in [-0.4, -0.2) is 48.6 Å². The number of benzene rings is 2.